The molecule has 3 rings (SSSR count). The van der Waals surface area contributed by atoms with Crippen LogP contribution in [0.3, 0.4) is 0 Å². The van der Waals surface area contributed by atoms with Crippen LogP contribution < -0.4 is 15.1 Å². The third-order valence-corrected chi connectivity index (χ3v) is 4.88. The van der Waals surface area contributed by atoms with Crippen LogP contribution in [0, 0.1) is 0 Å². The van der Waals surface area contributed by atoms with Gasteiger partial charge in [-0.3, -0.25) is 0 Å². The van der Waals surface area contributed by atoms with E-state index in [9.17, 15) is 4.79 Å². The lowest BCUT2D eigenvalue weighted by Crippen LogP contribution is -2.46. The third kappa shape index (κ3) is 4.80. The van der Waals surface area contributed by atoms with Crippen molar-refractivity contribution in [2.24, 2.45) is 0 Å². The minimum atomic E-state index is -0.445. The Kier molecular flexibility index (Phi) is 5.40. The molecule has 0 aliphatic carbocycles. The summed E-state index contributed by atoms with van der Waals surface area (Å²) >= 11 is 0. The second kappa shape index (κ2) is 7.54. The quantitative estimate of drug-likeness (QED) is 0.905. The molecule has 5 nitrogen and oxygen atoms in total. The average molecular weight is 345 g/mol. The van der Waals surface area contributed by atoms with E-state index in [1.807, 2.05) is 20.8 Å². The smallest absolute Gasteiger partial charge is 0.407 e. The van der Waals surface area contributed by atoms with Crippen molar-refractivity contribution < 1.29 is 9.53 Å². The number of hydrogen-bond donors (Lipinski definition) is 1. The molecule has 138 valence electrons. The van der Waals surface area contributed by atoms with E-state index in [0.717, 1.165) is 39.0 Å². The van der Waals surface area contributed by atoms with Gasteiger partial charge in [-0.05, 0) is 58.6 Å². The number of rotatable bonds is 3. The number of para-hydroxylation sites is 2. The Bertz CT molecular complexity index is 583. The van der Waals surface area contributed by atoms with Gasteiger partial charge in [0.25, 0.3) is 0 Å². The summed E-state index contributed by atoms with van der Waals surface area (Å²) in [7, 11) is 0. The summed E-state index contributed by atoms with van der Waals surface area (Å²) in [5.74, 6) is 0. The molecule has 2 fully saturated rings. The van der Waals surface area contributed by atoms with Gasteiger partial charge in [0.15, 0.2) is 0 Å². The lowest BCUT2D eigenvalue weighted by molar-refractivity contribution is 0.0497. The highest BCUT2D eigenvalue weighted by molar-refractivity contribution is 5.72. The van der Waals surface area contributed by atoms with Gasteiger partial charge < -0.3 is 19.9 Å². The first kappa shape index (κ1) is 17.9. The molecule has 0 radical (unpaired) electrons. The monoisotopic (exact) mass is 345 g/mol. The van der Waals surface area contributed by atoms with Crippen molar-refractivity contribution in [3.05, 3.63) is 24.3 Å². The van der Waals surface area contributed by atoms with Crippen molar-refractivity contribution in [1.82, 2.24) is 5.32 Å². The molecule has 1 amide bonds. The van der Waals surface area contributed by atoms with Gasteiger partial charge in [-0.2, -0.15) is 0 Å². The van der Waals surface area contributed by atoms with E-state index < -0.39 is 5.60 Å². The number of amides is 1. The fraction of sp³-hybridized carbons (Fsp3) is 0.650. The molecule has 25 heavy (non-hydrogen) atoms. The van der Waals surface area contributed by atoms with Crippen LogP contribution in [0.25, 0.3) is 0 Å². The lowest BCUT2D eigenvalue weighted by atomic mass is 10.0. The van der Waals surface area contributed by atoms with E-state index in [0.29, 0.717) is 0 Å². The summed E-state index contributed by atoms with van der Waals surface area (Å²) in [4.78, 5) is 16.9. The van der Waals surface area contributed by atoms with Gasteiger partial charge in [-0.25, -0.2) is 4.79 Å². The van der Waals surface area contributed by atoms with Crippen LogP contribution in [-0.2, 0) is 4.74 Å². The maximum Gasteiger partial charge on any atom is 0.407 e. The number of ether oxygens (including phenoxy) is 1. The molecular formula is C20H31N3O2. The number of nitrogens with zero attached hydrogens (tertiary/aromatic N) is 2. The van der Waals surface area contributed by atoms with Crippen LogP contribution >= 0.6 is 0 Å². The summed E-state index contributed by atoms with van der Waals surface area (Å²) in [5.41, 5.74) is 2.25. The van der Waals surface area contributed by atoms with Crippen molar-refractivity contribution in [3.8, 4) is 0 Å². The highest BCUT2D eigenvalue weighted by Gasteiger charge is 2.25. The zero-order chi connectivity index (χ0) is 17.9. The number of hydrogen-bond acceptors (Lipinski definition) is 4. The van der Waals surface area contributed by atoms with Crippen LogP contribution in [0.5, 0.6) is 0 Å². The minimum Gasteiger partial charge on any atom is -0.444 e. The second-order valence-corrected chi connectivity index (χ2v) is 8.09. The highest BCUT2D eigenvalue weighted by atomic mass is 16.6. The van der Waals surface area contributed by atoms with Gasteiger partial charge in [0.2, 0.25) is 0 Å². The molecule has 1 aromatic rings. The largest absolute Gasteiger partial charge is 0.444 e. The zero-order valence-corrected chi connectivity index (χ0v) is 15.8. The fourth-order valence-corrected chi connectivity index (χ4v) is 3.70. The molecule has 5 heteroatoms. The summed E-state index contributed by atoms with van der Waals surface area (Å²) in [6.07, 6.45) is 4.18. The van der Waals surface area contributed by atoms with Gasteiger partial charge in [0, 0.05) is 32.2 Å². The van der Waals surface area contributed by atoms with E-state index in [-0.39, 0.29) is 12.1 Å². The Balaban J connectivity index is 1.57. The van der Waals surface area contributed by atoms with E-state index in [1.165, 1.54) is 24.2 Å². The number of nitrogens with one attached hydrogen (secondary N) is 1. The normalized spacial score (nSPS) is 19.2. The molecule has 0 saturated carbocycles. The molecule has 2 heterocycles. The molecule has 2 aliphatic rings. The number of piperidine rings is 1. The van der Waals surface area contributed by atoms with E-state index in [1.54, 1.807) is 0 Å². The van der Waals surface area contributed by atoms with Crippen LogP contribution in [0.4, 0.5) is 16.2 Å². The maximum absolute atomic E-state index is 12.0. The number of carbonyl (C=O) groups is 1. The number of anilines is 2. The molecule has 0 aromatic heterocycles. The molecule has 0 unspecified atom stereocenters. The Morgan fingerprint density at radius 1 is 1.00 bits per heavy atom. The predicted molar refractivity (Wildman–Crippen MR) is 102 cm³/mol. The number of alkyl carbamates (subject to hydrolysis) is 1. The van der Waals surface area contributed by atoms with Gasteiger partial charge >= 0.3 is 6.09 Å². The van der Waals surface area contributed by atoms with Gasteiger partial charge in [0.1, 0.15) is 5.60 Å². The first-order valence-electron chi connectivity index (χ1n) is 9.51. The number of carbonyl (C=O) groups excluding carboxylic acids is 1. The molecular weight excluding hydrogens is 314 g/mol. The topological polar surface area (TPSA) is 44.8 Å². The Labute approximate surface area is 151 Å². The van der Waals surface area contributed by atoms with Crippen LogP contribution in [0.1, 0.15) is 46.5 Å². The first-order chi connectivity index (χ1) is 11.9. The maximum atomic E-state index is 12.0. The summed E-state index contributed by atoms with van der Waals surface area (Å²) in [5, 5.41) is 3.02. The molecule has 0 atom stereocenters. The van der Waals surface area contributed by atoms with Crippen molar-refractivity contribution in [1.29, 1.82) is 0 Å². The van der Waals surface area contributed by atoms with Crippen molar-refractivity contribution in [2.75, 3.05) is 36.0 Å². The van der Waals surface area contributed by atoms with Crippen molar-refractivity contribution in [3.63, 3.8) is 0 Å². The molecule has 2 aliphatic heterocycles. The lowest BCUT2D eigenvalue weighted by Gasteiger charge is -2.36. The van der Waals surface area contributed by atoms with Crippen molar-refractivity contribution in [2.45, 2.75) is 58.1 Å². The van der Waals surface area contributed by atoms with Crippen molar-refractivity contribution >= 4 is 17.5 Å². The Morgan fingerprint density at radius 2 is 1.52 bits per heavy atom. The Hall–Kier alpha value is -1.91. The molecule has 1 aromatic carbocycles. The predicted octanol–water partition coefficient (Wildman–Crippen LogP) is 3.78. The van der Waals surface area contributed by atoms with Gasteiger partial charge in [0.05, 0.1) is 11.4 Å². The number of benzene rings is 1. The summed E-state index contributed by atoms with van der Waals surface area (Å²) in [6.45, 7) is 9.93. The van der Waals surface area contributed by atoms with E-state index in [2.05, 4.69) is 39.4 Å². The standard InChI is InChI=1S/C20H31N3O2/c1-20(2,3)25-19(24)21-16-10-14-23(15-11-16)18-9-5-4-8-17(18)22-12-6-7-13-22/h4-5,8-9,16H,6-7,10-15H2,1-3H3,(H,21,24). The van der Waals surface area contributed by atoms with Crippen LogP contribution in [0.2, 0.25) is 0 Å². The molecule has 0 bridgehead atoms. The molecule has 1 N–H and O–H groups in total. The van der Waals surface area contributed by atoms with E-state index in [4.69, 9.17) is 4.74 Å². The average Bonchev–Trinajstić information content (AvgIpc) is 3.08. The highest BCUT2D eigenvalue weighted by Crippen LogP contribution is 2.33. The van der Waals surface area contributed by atoms with Gasteiger partial charge in [-0.1, -0.05) is 12.1 Å². The minimum absolute atomic E-state index is 0.199. The van der Waals surface area contributed by atoms with E-state index >= 15 is 0 Å². The summed E-state index contributed by atoms with van der Waals surface area (Å²) < 4.78 is 5.37. The molecule has 2 saturated heterocycles. The second-order valence-electron chi connectivity index (χ2n) is 8.09. The SMILES string of the molecule is CC(C)(C)OC(=O)NC1CCN(c2ccccc2N2CCCC2)CC1. The fourth-order valence-electron chi connectivity index (χ4n) is 3.70. The Morgan fingerprint density at radius 3 is 2.04 bits per heavy atom. The van der Waals surface area contributed by atoms with Gasteiger partial charge in [-0.15, -0.1) is 0 Å². The third-order valence-electron chi connectivity index (χ3n) is 4.88. The molecule has 0 spiro atoms. The zero-order valence-electron chi connectivity index (χ0n) is 15.8. The summed E-state index contributed by atoms with van der Waals surface area (Å²) in [6, 6.07) is 8.93. The first-order valence-corrected chi connectivity index (χ1v) is 9.51. The van der Waals surface area contributed by atoms with Crippen LogP contribution in [0.15, 0.2) is 24.3 Å². The van der Waals surface area contributed by atoms with Crippen LogP contribution in [-0.4, -0.2) is 43.9 Å².